The van der Waals surface area contributed by atoms with Crippen LogP contribution in [0.15, 0.2) is 60.9 Å². The summed E-state index contributed by atoms with van der Waals surface area (Å²) in [4.78, 5) is 15.0. The van der Waals surface area contributed by atoms with Crippen LogP contribution in [0.25, 0.3) is 16.7 Å². The first kappa shape index (κ1) is 21.7. The second kappa shape index (κ2) is 9.73. The van der Waals surface area contributed by atoms with Gasteiger partial charge in [0.05, 0.1) is 25.5 Å². The molecule has 1 aliphatic heterocycles. The first-order chi connectivity index (χ1) is 15.6. The Morgan fingerprint density at radius 3 is 2.72 bits per heavy atom. The van der Waals surface area contributed by atoms with Gasteiger partial charge in [0.1, 0.15) is 5.75 Å². The van der Waals surface area contributed by atoms with Crippen LogP contribution >= 0.6 is 0 Å². The Morgan fingerprint density at radius 2 is 1.97 bits per heavy atom. The molecule has 3 aromatic rings. The van der Waals surface area contributed by atoms with E-state index in [1.807, 2.05) is 48.1 Å². The van der Waals surface area contributed by atoms with Crippen LogP contribution in [0.5, 0.6) is 5.75 Å². The topological polar surface area (TPSA) is 56.6 Å². The molecule has 0 aliphatic carbocycles. The third kappa shape index (κ3) is 4.40. The minimum absolute atomic E-state index is 0.317. The summed E-state index contributed by atoms with van der Waals surface area (Å²) in [5.74, 6) is 0.512. The molecule has 4 rings (SSSR count). The van der Waals surface area contributed by atoms with E-state index in [1.165, 1.54) is 7.11 Å². The van der Waals surface area contributed by atoms with E-state index in [0.717, 1.165) is 59.7 Å². The fourth-order valence-electron chi connectivity index (χ4n) is 4.13. The monoisotopic (exact) mass is 431 g/mol. The fraction of sp³-hybridized carbons (Fsp3) is 0.308. The highest BCUT2D eigenvalue weighted by atomic mass is 16.5. The molecule has 0 spiro atoms. The molecule has 0 unspecified atom stereocenters. The first-order valence-corrected chi connectivity index (χ1v) is 11.1. The van der Waals surface area contributed by atoms with Gasteiger partial charge in [0.2, 0.25) is 0 Å². The summed E-state index contributed by atoms with van der Waals surface area (Å²) in [7, 11) is 1.43. The molecule has 2 aromatic carbocycles. The van der Waals surface area contributed by atoms with Gasteiger partial charge in [0.25, 0.3) is 0 Å². The number of aromatic nitrogens is 2. The summed E-state index contributed by atoms with van der Waals surface area (Å²) in [6.07, 6.45) is 6.73. The number of para-hydroxylation sites is 1. The Hall–Kier alpha value is -3.54. The van der Waals surface area contributed by atoms with E-state index in [4.69, 9.17) is 9.47 Å². The third-order valence-corrected chi connectivity index (χ3v) is 5.66. The average molecular weight is 432 g/mol. The van der Waals surface area contributed by atoms with Gasteiger partial charge in [-0.3, -0.25) is 4.68 Å². The number of fused-ring (bicyclic) bond motifs is 1. The zero-order valence-electron chi connectivity index (χ0n) is 18.9. The van der Waals surface area contributed by atoms with E-state index in [2.05, 4.69) is 41.3 Å². The van der Waals surface area contributed by atoms with Crippen molar-refractivity contribution in [3.05, 3.63) is 72.1 Å². The standard InChI is InChI=1S/C26H29N3O3/c1-4-29-18-19(16-27-29)17-28-14-8-10-22(26(30)31-3)23-15-20(12-13-24(23)28)21-9-6-7-11-25(21)32-5-2/h6-7,9-13,15-16,18H,4-5,8,14,17H2,1-3H3. The summed E-state index contributed by atoms with van der Waals surface area (Å²) >= 11 is 0. The van der Waals surface area contributed by atoms with Crippen LogP contribution in [0.4, 0.5) is 5.69 Å². The summed E-state index contributed by atoms with van der Waals surface area (Å²) < 4.78 is 12.9. The quantitative estimate of drug-likeness (QED) is 0.496. The largest absolute Gasteiger partial charge is 0.493 e. The van der Waals surface area contributed by atoms with Crippen LogP contribution in [-0.2, 0) is 22.6 Å². The van der Waals surface area contributed by atoms with Gasteiger partial charge in [-0.1, -0.05) is 30.3 Å². The molecule has 0 atom stereocenters. The van der Waals surface area contributed by atoms with E-state index < -0.39 is 0 Å². The minimum Gasteiger partial charge on any atom is -0.493 e. The molecule has 6 heteroatoms. The highest BCUT2D eigenvalue weighted by molar-refractivity contribution is 6.18. The van der Waals surface area contributed by atoms with Crippen molar-refractivity contribution in [1.82, 2.24) is 9.78 Å². The number of anilines is 1. The van der Waals surface area contributed by atoms with Crippen molar-refractivity contribution in [2.45, 2.75) is 33.4 Å². The number of carbonyl (C=O) groups excluding carboxylic acids is 1. The van der Waals surface area contributed by atoms with Crippen LogP contribution in [0.2, 0.25) is 0 Å². The van der Waals surface area contributed by atoms with Gasteiger partial charge >= 0.3 is 5.97 Å². The molecule has 166 valence electrons. The molecule has 1 aromatic heterocycles. The zero-order valence-corrected chi connectivity index (χ0v) is 18.9. The number of aryl methyl sites for hydroxylation is 1. The van der Waals surface area contributed by atoms with Crippen LogP contribution in [0.1, 0.15) is 31.4 Å². The highest BCUT2D eigenvalue weighted by Crippen LogP contribution is 2.38. The van der Waals surface area contributed by atoms with E-state index >= 15 is 0 Å². The zero-order chi connectivity index (χ0) is 22.5. The maximum Gasteiger partial charge on any atom is 0.338 e. The van der Waals surface area contributed by atoms with Gasteiger partial charge in [-0.05, 0) is 44.0 Å². The van der Waals surface area contributed by atoms with Crippen molar-refractivity contribution in [2.24, 2.45) is 0 Å². The van der Waals surface area contributed by atoms with Gasteiger partial charge in [-0.25, -0.2) is 4.79 Å². The number of benzene rings is 2. The molecule has 1 aliphatic rings. The summed E-state index contributed by atoms with van der Waals surface area (Å²) in [6, 6.07) is 14.2. The number of esters is 1. The van der Waals surface area contributed by atoms with E-state index in [-0.39, 0.29) is 5.97 Å². The number of hydrogen-bond acceptors (Lipinski definition) is 5. The van der Waals surface area contributed by atoms with Crippen LogP contribution < -0.4 is 9.64 Å². The van der Waals surface area contributed by atoms with Crippen LogP contribution in [-0.4, -0.2) is 36.0 Å². The Balaban J connectivity index is 1.78. The molecular weight excluding hydrogens is 402 g/mol. The molecule has 0 fully saturated rings. The highest BCUT2D eigenvalue weighted by Gasteiger charge is 2.24. The predicted molar refractivity (Wildman–Crippen MR) is 127 cm³/mol. The van der Waals surface area contributed by atoms with Crippen molar-refractivity contribution in [1.29, 1.82) is 0 Å². The van der Waals surface area contributed by atoms with Gasteiger partial charge in [0.15, 0.2) is 0 Å². The van der Waals surface area contributed by atoms with Crippen LogP contribution in [0, 0.1) is 0 Å². The van der Waals surface area contributed by atoms with Gasteiger partial charge < -0.3 is 14.4 Å². The van der Waals surface area contributed by atoms with Crippen molar-refractivity contribution in [3.8, 4) is 16.9 Å². The molecule has 0 bridgehead atoms. The molecule has 32 heavy (non-hydrogen) atoms. The minimum atomic E-state index is -0.317. The lowest BCUT2D eigenvalue weighted by Crippen LogP contribution is -2.23. The molecule has 0 saturated carbocycles. The SMILES string of the molecule is CCOc1ccccc1-c1ccc2c(c1)C(C(=O)OC)=CCCN2Cc1cnn(CC)c1. The lowest BCUT2D eigenvalue weighted by molar-refractivity contribution is -0.133. The lowest BCUT2D eigenvalue weighted by atomic mass is 9.96. The Morgan fingerprint density at radius 1 is 1.12 bits per heavy atom. The number of rotatable bonds is 7. The summed E-state index contributed by atoms with van der Waals surface area (Å²) in [5.41, 5.74) is 5.64. The molecule has 0 N–H and O–H groups in total. The Bertz CT molecular complexity index is 1130. The van der Waals surface area contributed by atoms with Gasteiger partial charge in [-0.15, -0.1) is 0 Å². The lowest BCUT2D eigenvalue weighted by Gasteiger charge is -2.25. The van der Waals surface area contributed by atoms with E-state index in [0.29, 0.717) is 12.2 Å². The first-order valence-electron chi connectivity index (χ1n) is 11.1. The smallest absolute Gasteiger partial charge is 0.338 e. The second-order valence-corrected chi connectivity index (χ2v) is 7.68. The van der Waals surface area contributed by atoms with E-state index in [1.54, 1.807) is 0 Å². The fourth-order valence-corrected chi connectivity index (χ4v) is 4.13. The Kier molecular flexibility index (Phi) is 6.59. The number of hydrogen-bond donors (Lipinski definition) is 0. The molecule has 0 saturated heterocycles. The molecule has 2 heterocycles. The third-order valence-electron chi connectivity index (χ3n) is 5.66. The van der Waals surface area contributed by atoms with Crippen molar-refractivity contribution < 1.29 is 14.3 Å². The van der Waals surface area contributed by atoms with Gasteiger partial charge in [0, 0.05) is 48.2 Å². The number of carbonyl (C=O) groups is 1. The average Bonchev–Trinajstić information content (AvgIpc) is 3.21. The number of nitrogens with zero attached hydrogens (tertiary/aromatic N) is 3. The van der Waals surface area contributed by atoms with Crippen molar-refractivity contribution >= 4 is 17.2 Å². The summed E-state index contributed by atoms with van der Waals surface area (Å²) in [6.45, 7) is 7.02. The van der Waals surface area contributed by atoms with Crippen molar-refractivity contribution in [2.75, 3.05) is 25.2 Å². The summed E-state index contributed by atoms with van der Waals surface area (Å²) in [5, 5.41) is 4.41. The van der Waals surface area contributed by atoms with Crippen molar-refractivity contribution in [3.63, 3.8) is 0 Å². The normalized spacial score (nSPS) is 13.2. The van der Waals surface area contributed by atoms with Crippen LogP contribution in [0.3, 0.4) is 0 Å². The second-order valence-electron chi connectivity index (χ2n) is 7.68. The maximum atomic E-state index is 12.7. The number of methoxy groups -OCH3 is 1. The Labute approximate surface area is 189 Å². The number of ether oxygens (including phenoxy) is 2. The molecule has 0 radical (unpaired) electrons. The molecule has 0 amide bonds. The molecular formula is C26H29N3O3. The predicted octanol–water partition coefficient (Wildman–Crippen LogP) is 4.94. The van der Waals surface area contributed by atoms with E-state index in [9.17, 15) is 4.79 Å². The molecule has 6 nitrogen and oxygen atoms in total. The van der Waals surface area contributed by atoms with Gasteiger partial charge in [-0.2, -0.15) is 5.10 Å². The maximum absolute atomic E-state index is 12.7.